The third-order valence-corrected chi connectivity index (χ3v) is 5.27. The van der Waals surface area contributed by atoms with Gasteiger partial charge in [-0.05, 0) is 50.7 Å². The van der Waals surface area contributed by atoms with Crippen LogP contribution in [0.1, 0.15) is 43.7 Å². The zero-order valence-corrected chi connectivity index (χ0v) is 15.1. The fourth-order valence-corrected chi connectivity index (χ4v) is 4.36. The van der Waals surface area contributed by atoms with Crippen molar-refractivity contribution in [3.63, 3.8) is 0 Å². The highest BCUT2D eigenvalue weighted by Crippen LogP contribution is 2.30. The summed E-state index contributed by atoms with van der Waals surface area (Å²) < 4.78 is 25.3. The van der Waals surface area contributed by atoms with Crippen molar-refractivity contribution in [3.05, 3.63) is 35.4 Å². The summed E-state index contributed by atoms with van der Waals surface area (Å²) in [6.45, 7) is 6.67. The van der Waals surface area contributed by atoms with Crippen molar-refractivity contribution in [2.75, 3.05) is 19.3 Å². The maximum absolute atomic E-state index is 12.6. The number of likely N-dealkylation sites (tertiary alicyclic amines) is 1. The van der Waals surface area contributed by atoms with Crippen molar-refractivity contribution >= 4 is 15.9 Å². The second kappa shape index (κ2) is 6.61. The van der Waals surface area contributed by atoms with E-state index in [0.717, 1.165) is 19.1 Å². The molecule has 1 fully saturated rings. The van der Waals surface area contributed by atoms with Crippen molar-refractivity contribution in [1.82, 2.24) is 9.62 Å². The van der Waals surface area contributed by atoms with E-state index in [2.05, 4.69) is 29.8 Å². The fraction of sp³-hybridized carbons (Fsp3) is 0.588. The summed E-state index contributed by atoms with van der Waals surface area (Å²) in [4.78, 5) is 14.4. The van der Waals surface area contributed by atoms with Gasteiger partial charge in [0.15, 0.2) is 0 Å². The van der Waals surface area contributed by atoms with Crippen molar-refractivity contribution < 1.29 is 13.2 Å². The highest BCUT2D eigenvalue weighted by atomic mass is 32.2. The fourth-order valence-electron chi connectivity index (χ4n) is 3.34. The Morgan fingerprint density at radius 2 is 1.78 bits per heavy atom. The zero-order chi connectivity index (χ0) is 17.3. The van der Waals surface area contributed by atoms with Gasteiger partial charge in [-0.1, -0.05) is 24.3 Å². The summed E-state index contributed by atoms with van der Waals surface area (Å²) in [6.07, 6.45) is 2.89. The van der Waals surface area contributed by atoms with Crippen molar-refractivity contribution in [2.45, 2.75) is 45.1 Å². The Morgan fingerprint density at radius 1 is 1.22 bits per heavy atom. The number of carbonyl (C=O) groups excluding carboxylic acids is 1. The van der Waals surface area contributed by atoms with Gasteiger partial charge in [0.05, 0.1) is 6.26 Å². The van der Waals surface area contributed by atoms with Crippen LogP contribution in [0.3, 0.4) is 0 Å². The average molecular weight is 338 g/mol. The van der Waals surface area contributed by atoms with Crippen LogP contribution in [-0.2, 0) is 14.8 Å². The van der Waals surface area contributed by atoms with Crippen LogP contribution in [0.25, 0.3) is 0 Å². The van der Waals surface area contributed by atoms with Crippen LogP contribution in [0.5, 0.6) is 0 Å². The number of carbonyl (C=O) groups is 1. The number of hydrogen-bond acceptors (Lipinski definition) is 3. The highest BCUT2D eigenvalue weighted by molar-refractivity contribution is 7.88. The first-order chi connectivity index (χ1) is 10.6. The van der Waals surface area contributed by atoms with Gasteiger partial charge in [-0.15, -0.1) is 0 Å². The summed E-state index contributed by atoms with van der Waals surface area (Å²) in [5.74, 6) is 0.303. The predicted octanol–water partition coefficient (Wildman–Crippen LogP) is 2.03. The van der Waals surface area contributed by atoms with Crippen LogP contribution in [0, 0.1) is 6.92 Å². The molecule has 0 bridgehead atoms. The molecule has 1 aliphatic rings. The molecule has 0 radical (unpaired) electrons. The van der Waals surface area contributed by atoms with Gasteiger partial charge in [-0.25, -0.2) is 13.1 Å². The van der Waals surface area contributed by atoms with Crippen LogP contribution in [0.4, 0.5) is 0 Å². The van der Waals surface area contributed by atoms with E-state index in [4.69, 9.17) is 0 Å². The van der Waals surface area contributed by atoms with E-state index in [1.807, 2.05) is 6.07 Å². The lowest BCUT2D eigenvalue weighted by atomic mass is 9.86. The van der Waals surface area contributed by atoms with Crippen molar-refractivity contribution in [2.24, 2.45) is 0 Å². The minimum atomic E-state index is -3.42. The third kappa shape index (κ3) is 4.54. The van der Waals surface area contributed by atoms with Gasteiger partial charge < -0.3 is 4.90 Å². The monoisotopic (exact) mass is 338 g/mol. The van der Waals surface area contributed by atoms with Gasteiger partial charge in [0, 0.05) is 13.1 Å². The molecule has 1 aromatic rings. The van der Waals surface area contributed by atoms with Crippen LogP contribution in [0.15, 0.2) is 24.3 Å². The van der Waals surface area contributed by atoms with E-state index < -0.39 is 15.6 Å². The van der Waals surface area contributed by atoms with E-state index in [1.165, 1.54) is 11.1 Å². The number of nitrogens with zero attached hydrogens (tertiary/aromatic N) is 1. The van der Waals surface area contributed by atoms with Gasteiger partial charge >= 0.3 is 0 Å². The summed E-state index contributed by atoms with van der Waals surface area (Å²) >= 11 is 0. The molecular formula is C17H26N2O3S. The van der Waals surface area contributed by atoms with Crippen LogP contribution in [0.2, 0.25) is 0 Å². The second-order valence-electron chi connectivity index (χ2n) is 6.92. The predicted molar refractivity (Wildman–Crippen MR) is 91.8 cm³/mol. The molecule has 0 aromatic heterocycles. The smallest absolute Gasteiger partial charge is 0.243 e. The molecule has 128 valence electrons. The molecule has 0 spiro atoms. The standard InChI is InChI=1S/C17H26N2O3S/c1-13-7-5-6-8-15(13)14-9-11-19(12-10-14)16(20)17(2,3)18-23(4,21)22/h5-8,14,18H,9-12H2,1-4H3. The Labute approximate surface area is 139 Å². The maximum Gasteiger partial charge on any atom is 0.243 e. The zero-order valence-electron chi connectivity index (χ0n) is 14.3. The number of hydrogen-bond donors (Lipinski definition) is 1. The van der Waals surface area contributed by atoms with Crippen molar-refractivity contribution in [1.29, 1.82) is 0 Å². The Hall–Kier alpha value is -1.40. The summed E-state index contributed by atoms with van der Waals surface area (Å²) in [7, 11) is -3.42. The number of benzene rings is 1. The van der Waals surface area contributed by atoms with Crippen LogP contribution >= 0.6 is 0 Å². The molecule has 6 heteroatoms. The first kappa shape index (κ1) is 17.9. The Balaban J connectivity index is 2.01. The summed E-state index contributed by atoms with van der Waals surface area (Å²) in [5, 5.41) is 0. The lowest BCUT2D eigenvalue weighted by Crippen LogP contribution is -2.56. The molecule has 0 saturated carbocycles. The molecule has 1 aliphatic heterocycles. The minimum Gasteiger partial charge on any atom is -0.341 e. The lowest BCUT2D eigenvalue weighted by molar-refractivity contribution is -0.137. The molecule has 0 atom stereocenters. The van der Waals surface area contributed by atoms with Crippen molar-refractivity contribution in [3.8, 4) is 0 Å². The number of nitrogens with one attached hydrogen (secondary N) is 1. The molecule has 5 nitrogen and oxygen atoms in total. The average Bonchev–Trinajstić information content (AvgIpc) is 2.45. The summed E-state index contributed by atoms with van der Waals surface area (Å²) in [6, 6.07) is 8.37. The number of aryl methyl sites for hydroxylation is 1. The quantitative estimate of drug-likeness (QED) is 0.913. The number of sulfonamides is 1. The SMILES string of the molecule is Cc1ccccc1C1CCN(C(=O)C(C)(C)NS(C)(=O)=O)CC1. The summed E-state index contributed by atoms with van der Waals surface area (Å²) in [5.41, 5.74) is 1.53. The largest absolute Gasteiger partial charge is 0.341 e. The molecule has 23 heavy (non-hydrogen) atoms. The van der Waals surface area contributed by atoms with E-state index in [1.54, 1.807) is 18.7 Å². The van der Waals surface area contributed by atoms with Gasteiger partial charge in [0.25, 0.3) is 0 Å². The highest BCUT2D eigenvalue weighted by Gasteiger charge is 2.36. The first-order valence-electron chi connectivity index (χ1n) is 7.94. The number of rotatable bonds is 4. The number of amides is 1. The minimum absolute atomic E-state index is 0.161. The third-order valence-electron chi connectivity index (χ3n) is 4.39. The van der Waals surface area contributed by atoms with Gasteiger partial charge in [0.2, 0.25) is 15.9 Å². The number of piperidine rings is 1. The molecule has 0 aliphatic carbocycles. The van der Waals surface area contributed by atoms with E-state index in [-0.39, 0.29) is 5.91 Å². The normalized spacial score (nSPS) is 17.3. The molecule has 0 unspecified atom stereocenters. The Kier molecular flexibility index (Phi) is 5.16. The Bertz CT molecular complexity index is 675. The van der Waals surface area contributed by atoms with Crippen LogP contribution in [-0.4, -0.2) is 44.1 Å². The Morgan fingerprint density at radius 3 is 2.30 bits per heavy atom. The topological polar surface area (TPSA) is 66.5 Å². The van der Waals surface area contributed by atoms with Gasteiger partial charge in [-0.3, -0.25) is 4.79 Å². The van der Waals surface area contributed by atoms with Gasteiger partial charge in [-0.2, -0.15) is 0 Å². The lowest BCUT2D eigenvalue weighted by Gasteiger charge is -2.37. The van der Waals surface area contributed by atoms with E-state index >= 15 is 0 Å². The van der Waals surface area contributed by atoms with E-state index in [9.17, 15) is 13.2 Å². The second-order valence-corrected chi connectivity index (χ2v) is 8.67. The molecule has 1 aromatic carbocycles. The molecule has 1 heterocycles. The molecule has 1 amide bonds. The molecule has 2 rings (SSSR count). The van der Waals surface area contributed by atoms with Gasteiger partial charge in [0.1, 0.15) is 5.54 Å². The van der Waals surface area contributed by atoms with Crippen LogP contribution < -0.4 is 4.72 Å². The maximum atomic E-state index is 12.6. The molecule has 1 saturated heterocycles. The molecule has 1 N–H and O–H groups in total. The molecular weight excluding hydrogens is 312 g/mol. The van der Waals surface area contributed by atoms with E-state index in [0.29, 0.717) is 19.0 Å². The first-order valence-corrected chi connectivity index (χ1v) is 9.83.